The Bertz CT molecular complexity index is 723. The fraction of sp³-hybridized carbons (Fsp3) is 0.500. The molecule has 1 aromatic carbocycles. The molecule has 1 aromatic heterocycles. The number of carbonyl (C=O) groups is 1. The van der Waals surface area contributed by atoms with Crippen LogP contribution in [0.3, 0.4) is 0 Å². The van der Waals surface area contributed by atoms with Crippen molar-refractivity contribution in [3.63, 3.8) is 0 Å². The Balaban J connectivity index is 1.40. The van der Waals surface area contributed by atoms with E-state index in [0.717, 1.165) is 57.8 Å². The van der Waals surface area contributed by atoms with Crippen molar-refractivity contribution < 1.29 is 4.79 Å². The molecule has 2 aliphatic rings. The fourth-order valence-electron chi connectivity index (χ4n) is 3.89. The molecule has 3 heterocycles. The molecule has 1 fully saturated rings. The third kappa shape index (κ3) is 3.90. The first kappa shape index (κ1) is 17.1. The number of hydrogen-bond acceptors (Lipinski definition) is 4. The number of nitrogens with one attached hydrogen (secondary N) is 2. The Labute approximate surface area is 154 Å². The average Bonchev–Trinajstić information content (AvgIpc) is 3.36. The monoisotopic (exact) mass is 353 g/mol. The molecule has 0 spiro atoms. The van der Waals surface area contributed by atoms with E-state index in [2.05, 4.69) is 27.9 Å². The van der Waals surface area contributed by atoms with Gasteiger partial charge in [-0.1, -0.05) is 30.3 Å². The quantitative estimate of drug-likeness (QED) is 0.831. The fourth-order valence-corrected chi connectivity index (χ4v) is 3.89. The smallest absolute Gasteiger partial charge is 0.240 e. The number of carbonyl (C=O) groups excluding carboxylic acids is 1. The standard InChI is InChI=1S/C20H27N5O/c26-20(24-10-4-5-11-24)18(12-16-6-2-1-3-7-16)21-13-17-14-22-19-8-9-23-25(19)15-17/h1-3,6-9,17-18,21-22H,4-5,10-15H2. The molecule has 0 bridgehead atoms. The largest absolute Gasteiger partial charge is 0.370 e. The molecule has 6 heteroatoms. The normalized spacial score (nSPS) is 20.5. The lowest BCUT2D eigenvalue weighted by molar-refractivity contribution is -0.132. The van der Waals surface area contributed by atoms with Crippen molar-refractivity contribution in [1.29, 1.82) is 0 Å². The zero-order valence-electron chi connectivity index (χ0n) is 15.1. The molecule has 0 saturated carbocycles. The Hall–Kier alpha value is -2.34. The van der Waals surface area contributed by atoms with Crippen LogP contribution in [0.2, 0.25) is 0 Å². The van der Waals surface area contributed by atoms with Crippen LogP contribution in [0.4, 0.5) is 5.82 Å². The molecule has 6 nitrogen and oxygen atoms in total. The van der Waals surface area contributed by atoms with Gasteiger partial charge >= 0.3 is 0 Å². The van der Waals surface area contributed by atoms with E-state index in [0.29, 0.717) is 5.92 Å². The lowest BCUT2D eigenvalue weighted by Gasteiger charge is -2.29. The van der Waals surface area contributed by atoms with E-state index in [9.17, 15) is 4.79 Å². The van der Waals surface area contributed by atoms with Gasteiger partial charge in [0.2, 0.25) is 5.91 Å². The van der Waals surface area contributed by atoms with Crippen molar-refractivity contribution in [2.24, 2.45) is 5.92 Å². The molecule has 2 aromatic rings. The van der Waals surface area contributed by atoms with Crippen LogP contribution in [-0.2, 0) is 17.8 Å². The van der Waals surface area contributed by atoms with Gasteiger partial charge in [0.05, 0.1) is 12.2 Å². The number of fused-ring (bicyclic) bond motifs is 1. The third-order valence-corrected chi connectivity index (χ3v) is 5.37. The van der Waals surface area contributed by atoms with Crippen LogP contribution in [0.25, 0.3) is 0 Å². The predicted molar refractivity (Wildman–Crippen MR) is 102 cm³/mol. The molecule has 2 aliphatic heterocycles. The topological polar surface area (TPSA) is 62.2 Å². The van der Waals surface area contributed by atoms with E-state index < -0.39 is 0 Å². The van der Waals surface area contributed by atoms with Crippen LogP contribution in [0.15, 0.2) is 42.6 Å². The summed E-state index contributed by atoms with van der Waals surface area (Å²) in [4.78, 5) is 15.0. The Kier molecular flexibility index (Phi) is 5.20. The van der Waals surface area contributed by atoms with Crippen LogP contribution < -0.4 is 10.6 Å². The number of benzene rings is 1. The molecular weight excluding hydrogens is 326 g/mol. The predicted octanol–water partition coefficient (Wildman–Crippen LogP) is 1.75. The molecule has 2 unspecified atom stereocenters. The highest BCUT2D eigenvalue weighted by Crippen LogP contribution is 2.17. The zero-order chi connectivity index (χ0) is 17.8. The van der Waals surface area contributed by atoms with E-state index in [-0.39, 0.29) is 11.9 Å². The summed E-state index contributed by atoms with van der Waals surface area (Å²) in [5, 5.41) is 11.3. The molecular formula is C20H27N5O. The maximum Gasteiger partial charge on any atom is 0.240 e. The van der Waals surface area contributed by atoms with Crippen molar-refractivity contribution in [3.05, 3.63) is 48.2 Å². The van der Waals surface area contributed by atoms with Gasteiger partial charge in [0.1, 0.15) is 5.82 Å². The van der Waals surface area contributed by atoms with Crippen molar-refractivity contribution in [1.82, 2.24) is 20.0 Å². The highest BCUT2D eigenvalue weighted by Gasteiger charge is 2.28. The number of nitrogens with zero attached hydrogens (tertiary/aromatic N) is 3. The van der Waals surface area contributed by atoms with E-state index in [1.54, 1.807) is 0 Å². The first-order valence-electron chi connectivity index (χ1n) is 9.61. The minimum Gasteiger partial charge on any atom is -0.370 e. The number of likely N-dealkylation sites (tertiary alicyclic amines) is 1. The van der Waals surface area contributed by atoms with Gasteiger partial charge in [-0.15, -0.1) is 0 Å². The van der Waals surface area contributed by atoms with Gasteiger partial charge in [-0.3, -0.25) is 4.79 Å². The molecule has 26 heavy (non-hydrogen) atoms. The van der Waals surface area contributed by atoms with Crippen LogP contribution in [0, 0.1) is 5.92 Å². The molecule has 2 atom stereocenters. The van der Waals surface area contributed by atoms with E-state index in [1.807, 2.05) is 40.0 Å². The summed E-state index contributed by atoms with van der Waals surface area (Å²) >= 11 is 0. The molecule has 0 radical (unpaired) electrons. The number of anilines is 1. The summed E-state index contributed by atoms with van der Waals surface area (Å²) in [6, 6.07) is 12.1. The van der Waals surface area contributed by atoms with Crippen molar-refractivity contribution in [2.75, 3.05) is 31.5 Å². The van der Waals surface area contributed by atoms with Gasteiger partial charge in [-0.05, 0) is 24.8 Å². The van der Waals surface area contributed by atoms with Crippen LogP contribution >= 0.6 is 0 Å². The highest BCUT2D eigenvalue weighted by atomic mass is 16.2. The Morgan fingerprint density at radius 1 is 1.23 bits per heavy atom. The van der Waals surface area contributed by atoms with Gasteiger partial charge in [-0.25, -0.2) is 4.68 Å². The Morgan fingerprint density at radius 3 is 2.85 bits per heavy atom. The summed E-state index contributed by atoms with van der Waals surface area (Å²) in [5.41, 5.74) is 1.20. The average molecular weight is 353 g/mol. The number of hydrogen-bond donors (Lipinski definition) is 2. The summed E-state index contributed by atoms with van der Waals surface area (Å²) in [5.74, 6) is 1.75. The minimum absolute atomic E-state index is 0.158. The summed E-state index contributed by atoms with van der Waals surface area (Å²) in [6.07, 6.45) is 4.81. The van der Waals surface area contributed by atoms with E-state index >= 15 is 0 Å². The Morgan fingerprint density at radius 2 is 2.04 bits per heavy atom. The second kappa shape index (κ2) is 7.91. The van der Waals surface area contributed by atoms with Gasteiger partial charge in [-0.2, -0.15) is 5.10 Å². The zero-order valence-corrected chi connectivity index (χ0v) is 15.1. The molecule has 1 amide bonds. The minimum atomic E-state index is -0.158. The summed E-state index contributed by atoms with van der Waals surface area (Å²) < 4.78 is 2.00. The first-order valence-corrected chi connectivity index (χ1v) is 9.61. The van der Waals surface area contributed by atoms with E-state index in [4.69, 9.17) is 0 Å². The molecule has 2 N–H and O–H groups in total. The maximum atomic E-state index is 13.0. The van der Waals surface area contributed by atoms with Crippen LogP contribution in [0.1, 0.15) is 18.4 Å². The molecule has 0 aliphatic carbocycles. The summed E-state index contributed by atoms with van der Waals surface area (Å²) in [7, 11) is 0. The van der Waals surface area contributed by atoms with Crippen LogP contribution in [-0.4, -0.2) is 52.8 Å². The first-order chi connectivity index (χ1) is 12.8. The highest BCUT2D eigenvalue weighted by molar-refractivity contribution is 5.82. The number of amides is 1. The van der Waals surface area contributed by atoms with Gasteiger partial charge in [0.15, 0.2) is 0 Å². The molecule has 1 saturated heterocycles. The van der Waals surface area contributed by atoms with Crippen molar-refractivity contribution in [3.8, 4) is 0 Å². The van der Waals surface area contributed by atoms with Crippen molar-refractivity contribution in [2.45, 2.75) is 31.8 Å². The maximum absolute atomic E-state index is 13.0. The number of rotatable bonds is 6. The second-order valence-electron chi connectivity index (χ2n) is 7.33. The van der Waals surface area contributed by atoms with Crippen molar-refractivity contribution >= 4 is 11.7 Å². The van der Waals surface area contributed by atoms with Gasteiger partial charge in [0, 0.05) is 44.7 Å². The van der Waals surface area contributed by atoms with Crippen LogP contribution in [0.5, 0.6) is 0 Å². The second-order valence-corrected chi connectivity index (χ2v) is 7.33. The SMILES string of the molecule is O=C(C(Cc1ccccc1)NCC1CNc2ccnn2C1)N1CCCC1. The summed E-state index contributed by atoms with van der Waals surface area (Å²) in [6.45, 7) is 4.40. The van der Waals surface area contributed by atoms with Gasteiger partial charge < -0.3 is 15.5 Å². The molecule has 138 valence electrons. The van der Waals surface area contributed by atoms with Gasteiger partial charge in [0.25, 0.3) is 0 Å². The van der Waals surface area contributed by atoms with E-state index in [1.165, 1.54) is 5.56 Å². The lowest BCUT2D eigenvalue weighted by Crippen LogP contribution is -2.49. The lowest BCUT2D eigenvalue weighted by atomic mass is 10.0. The molecule has 4 rings (SSSR count). The third-order valence-electron chi connectivity index (χ3n) is 5.37. The number of aromatic nitrogens is 2.